The fourth-order valence-corrected chi connectivity index (χ4v) is 3.80. The predicted octanol–water partition coefficient (Wildman–Crippen LogP) is 2.49. The number of rotatable bonds is 3. The number of hydrogen-bond donors (Lipinski definition) is 3. The van der Waals surface area contributed by atoms with E-state index in [1.54, 1.807) is 0 Å². The number of piperidine rings is 1. The number of nitrogens with one attached hydrogen (secondary N) is 2. The Balaban J connectivity index is 1.44. The van der Waals surface area contributed by atoms with E-state index in [0.717, 1.165) is 56.4 Å². The van der Waals surface area contributed by atoms with E-state index < -0.39 is 0 Å². The first-order valence-electron chi connectivity index (χ1n) is 8.68. The van der Waals surface area contributed by atoms with Crippen LogP contribution in [0, 0.1) is 6.92 Å². The highest BCUT2D eigenvalue weighted by Crippen LogP contribution is 2.26. The van der Waals surface area contributed by atoms with E-state index in [1.165, 1.54) is 0 Å². The average molecular weight is 317 g/mol. The number of carbonyl (C=O) groups excluding carboxylic acids is 1. The summed E-state index contributed by atoms with van der Waals surface area (Å²) in [4.78, 5) is 14.5. The molecule has 1 saturated carbocycles. The van der Waals surface area contributed by atoms with Gasteiger partial charge in [-0.25, -0.2) is 4.79 Å². The highest BCUT2D eigenvalue weighted by atomic mass is 16.3. The standard InChI is InChI=1S/C18H27N3O2/c1-13-4-2-5-15(12-13)20-18(23)19-14-8-10-21(11-9-14)16-6-3-7-17(16)22/h2,4-5,12,14,16-17,22H,3,6-11H2,1H3,(H2,19,20,23)/t16-,17-/m1/s1. The second-order valence-electron chi connectivity index (χ2n) is 6.84. The molecule has 5 heteroatoms. The van der Waals surface area contributed by atoms with E-state index in [1.807, 2.05) is 31.2 Å². The lowest BCUT2D eigenvalue weighted by Gasteiger charge is -2.37. The number of nitrogens with zero attached hydrogens (tertiary/aromatic N) is 1. The van der Waals surface area contributed by atoms with E-state index in [9.17, 15) is 9.90 Å². The van der Waals surface area contributed by atoms with E-state index in [4.69, 9.17) is 0 Å². The molecular weight excluding hydrogens is 290 g/mol. The van der Waals surface area contributed by atoms with Crippen LogP contribution in [0.25, 0.3) is 0 Å². The first-order chi connectivity index (χ1) is 11.1. The molecule has 2 atom stereocenters. The summed E-state index contributed by atoms with van der Waals surface area (Å²) >= 11 is 0. The van der Waals surface area contributed by atoms with Crippen LogP contribution in [0.5, 0.6) is 0 Å². The van der Waals surface area contributed by atoms with Gasteiger partial charge in [0.15, 0.2) is 0 Å². The van der Waals surface area contributed by atoms with Crippen molar-refractivity contribution in [3.8, 4) is 0 Å². The number of hydrogen-bond acceptors (Lipinski definition) is 3. The number of anilines is 1. The Kier molecular flexibility index (Phi) is 5.18. The molecule has 0 radical (unpaired) electrons. The van der Waals surface area contributed by atoms with Gasteiger partial charge in [0, 0.05) is 30.9 Å². The zero-order valence-corrected chi connectivity index (χ0v) is 13.8. The van der Waals surface area contributed by atoms with Gasteiger partial charge >= 0.3 is 6.03 Å². The number of carbonyl (C=O) groups is 1. The number of benzene rings is 1. The van der Waals surface area contributed by atoms with Crippen LogP contribution in [0.3, 0.4) is 0 Å². The number of aliphatic hydroxyl groups is 1. The molecule has 0 aromatic heterocycles. The highest BCUT2D eigenvalue weighted by molar-refractivity contribution is 5.89. The van der Waals surface area contributed by atoms with Crippen molar-refractivity contribution in [2.75, 3.05) is 18.4 Å². The first-order valence-corrected chi connectivity index (χ1v) is 8.68. The lowest BCUT2D eigenvalue weighted by Crippen LogP contribution is -2.50. The van der Waals surface area contributed by atoms with E-state index >= 15 is 0 Å². The lowest BCUT2D eigenvalue weighted by atomic mass is 10.0. The van der Waals surface area contributed by atoms with Gasteiger partial charge in [0.05, 0.1) is 6.10 Å². The smallest absolute Gasteiger partial charge is 0.319 e. The fraction of sp³-hybridized carbons (Fsp3) is 0.611. The molecule has 3 N–H and O–H groups in total. The summed E-state index contributed by atoms with van der Waals surface area (Å²) in [5.74, 6) is 0. The van der Waals surface area contributed by atoms with Crippen LogP contribution in [0.15, 0.2) is 24.3 Å². The van der Waals surface area contributed by atoms with Gasteiger partial charge < -0.3 is 15.7 Å². The molecule has 1 aromatic carbocycles. The van der Waals surface area contributed by atoms with Crippen molar-refractivity contribution in [3.05, 3.63) is 29.8 Å². The summed E-state index contributed by atoms with van der Waals surface area (Å²) < 4.78 is 0. The van der Waals surface area contributed by atoms with Crippen LogP contribution >= 0.6 is 0 Å². The van der Waals surface area contributed by atoms with Gasteiger partial charge in [-0.15, -0.1) is 0 Å². The summed E-state index contributed by atoms with van der Waals surface area (Å²) in [5, 5.41) is 16.0. The number of likely N-dealkylation sites (tertiary alicyclic amines) is 1. The molecule has 1 aliphatic carbocycles. The van der Waals surface area contributed by atoms with Gasteiger partial charge in [0.1, 0.15) is 0 Å². The molecule has 0 bridgehead atoms. The minimum atomic E-state index is -0.163. The largest absolute Gasteiger partial charge is 0.391 e. The molecule has 1 saturated heterocycles. The Morgan fingerprint density at radius 2 is 2.00 bits per heavy atom. The maximum absolute atomic E-state index is 12.1. The third-order valence-electron chi connectivity index (χ3n) is 5.05. The molecule has 2 fully saturated rings. The summed E-state index contributed by atoms with van der Waals surface area (Å²) in [5.41, 5.74) is 1.96. The molecule has 126 valence electrons. The molecule has 1 heterocycles. The van der Waals surface area contributed by atoms with Crippen molar-refractivity contribution < 1.29 is 9.90 Å². The Labute approximate surface area is 138 Å². The molecular formula is C18H27N3O2. The summed E-state index contributed by atoms with van der Waals surface area (Å²) in [6.07, 6.45) is 4.90. The Morgan fingerprint density at radius 1 is 1.22 bits per heavy atom. The van der Waals surface area contributed by atoms with Gasteiger partial charge in [-0.1, -0.05) is 12.1 Å². The summed E-state index contributed by atoms with van der Waals surface area (Å²) in [6, 6.07) is 8.23. The van der Waals surface area contributed by atoms with E-state index in [2.05, 4.69) is 15.5 Å². The van der Waals surface area contributed by atoms with Crippen molar-refractivity contribution in [3.63, 3.8) is 0 Å². The molecule has 5 nitrogen and oxygen atoms in total. The van der Waals surface area contributed by atoms with Crippen molar-refractivity contribution in [2.24, 2.45) is 0 Å². The molecule has 2 aliphatic rings. The number of aryl methyl sites for hydroxylation is 1. The normalized spacial score (nSPS) is 26.2. The van der Waals surface area contributed by atoms with Gasteiger partial charge in [-0.2, -0.15) is 0 Å². The van der Waals surface area contributed by atoms with Crippen molar-refractivity contribution in [1.29, 1.82) is 0 Å². The molecule has 0 spiro atoms. The maximum atomic E-state index is 12.1. The Bertz CT molecular complexity index is 541. The van der Waals surface area contributed by atoms with Crippen LogP contribution in [0.2, 0.25) is 0 Å². The third kappa shape index (κ3) is 4.24. The van der Waals surface area contributed by atoms with Crippen LogP contribution in [0.1, 0.15) is 37.7 Å². The molecule has 2 amide bonds. The van der Waals surface area contributed by atoms with Crippen LogP contribution in [-0.4, -0.2) is 47.3 Å². The molecule has 0 unspecified atom stereocenters. The predicted molar refractivity (Wildman–Crippen MR) is 91.6 cm³/mol. The second kappa shape index (κ2) is 7.32. The van der Waals surface area contributed by atoms with Gasteiger partial charge in [-0.3, -0.25) is 4.90 Å². The van der Waals surface area contributed by atoms with Crippen LogP contribution < -0.4 is 10.6 Å². The first kappa shape index (κ1) is 16.3. The highest BCUT2D eigenvalue weighted by Gasteiger charge is 2.33. The lowest BCUT2D eigenvalue weighted by molar-refractivity contribution is 0.0537. The number of amides is 2. The zero-order chi connectivity index (χ0) is 16.2. The van der Waals surface area contributed by atoms with E-state index in [-0.39, 0.29) is 18.2 Å². The zero-order valence-electron chi connectivity index (χ0n) is 13.8. The minimum Gasteiger partial charge on any atom is -0.391 e. The van der Waals surface area contributed by atoms with Gasteiger partial charge in [0.25, 0.3) is 0 Å². The number of urea groups is 1. The summed E-state index contributed by atoms with van der Waals surface area (Å²) in [7, 11) is 0. The van der Waals surface area contributed by atoms with Gasteiger partial charge in [0.2, 0.25) is 0 Å². The van der Waals surface area contributed by atoms with E-state index in [0.29, 0.717) is 6.04 Å². The quantitative estimate of drug-likeness (QED) is 0.802. The van der Waals surface area contributed by atoms with Crippen molar-refractivity contribution >= 4 is 11.7 Å². The molecule has 1 aromatic rings. The fourth-order valence-electron chi connectivity index (χ4n) is 3.80. The van der Waals surface area contributed by atoms with Crippen LogP contribution in [0.4, 0.5) is 10.5 Å². The van der Waals surface area contributed by atoms with Crippen LogP contribution in [-0.2, 0) is 0 Å². The second-order valence-corrected chi connectivity index (χ2v) is 6.84. The minimum absolute atomic E-state index is 0.130. The van der Waals surface area contributed by atoms with Gasteiger partial charge in [-0.05, 0) is 56.7 Å². The Hall–Kier alpha value is -1.59. The van der Waals surface area contributed by atoms with Crippen molar-refractivity contribution in [2.45, 2.75) is 57.2 Å². The average Bonchev–Trinajstić information content (AvgIpc) is 2.94. The maximum Gasteiger partial charge on any atom is 0.319 e. The Morgan fingerprint density at radius 3 is 2.65 bits per heavy atom. The molecule has 23 heavy (non-hydrogen) atoms. The third-order valence-corrected chi connectivity index (χ3v) is 5.05. The SMILES string of the molecule is Cc1cccc(NC(=O)NC2CCN([C@@H]3CCC[C@H]3O)CC2)c1. The topological polar surface area (TPSA) is 64.6 Å². The molecule has 1 aliphatic heterocycles. The van der Waals surface area contributed by atoms with Crippen molar-refractivity contribution in [1.82, 2.24) is 10.2 Å². The monoisotopic (exact) mass is 317 g/mol. The summed E-state index contributed by atoms with van der Waals surface area (Å²) in [6.45, 7) is 3.92. The number of aliphatic hydroxyl groups excluding tert-OH is 1. The molecule has 3 rings (SSSR count).